The summed E-state index contributed by atoms with van der Waals surface area (Å²) in [4.78, 5) is 0. The highest BCUT2D eigenvalue weighted by Gasteiger charge is 2.14. The molecule has 0 unspecified atom stereocenters. The zero-order valence-electron chi connectivity index (χ0n) is 14.7. The van der Waals surface area contributed by atoms with E-state index < -0.39 is 6.10 Å². The molecule has 2 heteroatoms. The van der Waals surface area contributed by atoms with Crippen LogP contribution < -0.4 is 0 Å². The molecule has 5 aromatic rings. The molecule has 2 nitrogen and oxygen atoms in total. The molecule has 0 spiro atoms. The van der Waals surface area contributed by atoms with Crippen LogP contribution in [0.3, 0.4) is 0 Å². The van der Waals surface area contributed by atoms with Crippen LogP contribution >= 0.6 is 0 Å². The van der Waals surface area contributed by atoms with Crippen LogP contribution in [0.1, 0.15) is 17.2 Å². The minimum absolute atomic E-state index is 0.688. The van der Waals surface area contributed by atoms with Crippen LogP contribution in [0.5, 0.6) is 0 Å². The lowest BCUT2D eigenvalue weighted by molar-refractivity contribution is 0.220. The van der Waals surface area contributed by atoms with E-state index >= 15 is 0 Å². The molecule has 0 fully saturated rings. The number of fused-ring (bicyclic) bond motifs is 3. The second-order valence-electron chi connectivity index (χ2n) is 6.74. The second-order valence-corrected chi connectivity index (χ2v) is 6.74. The highest BCUT2D eigenvalue weighted by atomic mass is 16.3. The SMILES string of the molecule is O[C@H](c1ccc(-c2ccccc2)cc1)c1ccc2c(c1)oc1ccccc12. The Morgan fingerprint density at radius 2 is 1.19 bits per heavy atom. The summed E-state index contributed by atoms with van der Waals surface area (Å²) in [6, 6.07) is 32.2. The Bertz CT molecular complexity index is 1220. The smallest absolute Gasteiger partial charge is 0.135 e. The quantitative estimate of drug-likeness (QED) is 0.412. The number of para-hydroxylation sites is 1. The first kappa shape index (κ1) is 15.9. The van der Waals surface area contributed by atoms with Crippen molar-refractivity contribution < 1.29 is 9.52 Å². The lowest BCUT2D eigenvalue weighted by Crippen LogP contribution is -1.99. The molecule has 0 aliphatic carbocycles. The number of rotatable bonds is 3. The molecule has 4 aromatic carbocycles. The van der Waals surface area contributed by atoms with Crippen LogP contribution in [0.2, 0.25) is 0 Å². The van der Waals surface area contributed by atoms with E-state index in [1.807, 2.05) is 78.9 Å². The summed E-state index contributed by atoms with van der Waals surface area (Å²) in [5, 5.41) is 13.0. The van der Waals surface area contributed by atoms with Crippen molar-refractivity contribution in [1.82, 2.24) is 0 Å². The van der Waals surface area contributed by atoms with Crippen LogP contribution in [0.4, 0.5) is 0 Å². The lowest BCUT2D eigenvalue weighted by Gasteiger charge is -2.12. The van der Waals surface area contributed by atoms with E-state index in [0.717, 1.165) is 38.6 Å². The van der Waals surface area contributed by atoms with Gasteiger partial charge in [-0.25, -0.2) is 0 Å². The molecule has 1 heterocycles. The van der Waals surface area contributed by atoms with Gasteiger partial charge in [0.15, 0.2) is 0 Å². The van der Waals surface area contributed by atoms with Gasteiger partial charge in [0.05, 0.1) is 0 Å². The number of aliphatic hydroxyl groups is 1. The molecule has 1 aromatic heterocycles. The summed E-state index contributed by atoms with van der Waals surface area (Å²) in [7, 11) is 0. The predicted molar refractivity (Wildman–Crippen MR) is 110 cm³/mol. The van der Waals surface area contributed by atoms with Gasteiger partial charge in [-0.15, -0.1) is 0 Å². The molecule has 0 aliphatic heterocycles. The molecule has 0 radical (unpaired) electrons. The number of hydrogen-bond acceptors (Lipinski definition) is 2. The first-order chi connectivity index (χ1) is 13.3. The Labute approximate surface area is 157 Å². The summed E-state index contributed by atoms with van der Waals surface area (Å²) in [5.41, 5.74) is 5.67. The molecule has 0 saturated carbocycles. The van der Waals surface area contributed by atoms with E-state index in [2.05, 4.69) is 18.2 Å². The molecular formula is C25H18O2. The molecule has 0 saturated heterocycles. The maximum atomic E-state index is 10.8. The van der Waals surface area contributed by atoms with Gasteiger partial charge in [0.1, 0.15) is 17.3 Å². The van der Waals surface area contributed by atoms with E-state index in [1.54, 1.807) is 0 Å². The molecule has 1 atom stereocenters. The monoisotopic (exact) mass is 350 g/mol. The Hall–Kier alpha value is -3.36. The van der Waals surface area contributed by atoms with Crippen LogP contribution in [0.25, 0.3) is 33.1 Å². The third kappa shape index (κ3) is 2.80. The van der Waals surface area contributed by atoms with Crippen molar-refractivity contribution in [2.45, 2.75) is 6.10 Å². The standard InChI is InChI=1S/C25H18O2/c26-25(19-12-10-18(11-13-19)17-6-2-1-3-7-17)20-14-15-22-21-8-4-5-9-23(21)27-24(22)16-20/h1-16,25-26H/t25-/m1/s1. The van der Waals surface area contributed by atoms with Gasteiger partial charge in [0, 0.05) is 10.8 Å². The molecule has 5 rings (SSSR count). The summed E-state index contributed by atoms with van der Waals surface area (Å²) in [6.07, 6.45) is -0.688. The van der Waals surface area contributed by atoms with E-state index in [9.17, 15) is 5.11 Å². The second kappa shape index (κ2) is 6.42. The molecule has 27 heavy (non-hydrogen) atoms. The fourth-order valence-electron chi connectivity index (χ4n) is 3.59. The van der Waals surface area contributed by atoms with Gasteiger partial charge >= 0.3 is 0 Å². The van der Waals surface area contributed by atoms with Gasteiger partial charge in [-0.1, -0.05) is 84.9 Å². The van der Waals surface area contributed by atoms with Crippen molar-refractivity contribution in [3.63, 3.8) is 0 Å². The van der Waals surface area contributed by atoms with Crippen molar-refractivity contribution in [2.24, 2.45) is 0 Å². The molecule has 0 aliphatic rings. The summed E-state index contributed by atoms with van der Waals surface area (Å²) >= 11 is 0. The number of benzene rings is 4. The first-order valence-corrected chi connectivity index (χ1v) is 9.04. The van der Waals surface area contributed by atoms with E-state index in [4.69, 9.17) is 4.42 Å². The Morgan fingerprint density at radius 3 is 2.00 bits per heavy atom. The van der Waals surface area contributed by atoms with Gasteiger partial charge in [-0.3, -0.25) is 0 Å². The molecule has 0 bridgehead atoms. The first-order valence-electron chi connectivity index (χ1n) is 9.04. The van der Waals surface area contributed by atoms with Crippen molar-refractivity contribution >= 4 is 21.9 Å². The largest absolute Gasteiger partial charge is 0.456 e. The number of aliphatic hydroxyl groups excluding tert-OH is 1. The Morgan fingerprint density at radius 1 is 0.556 bits per heavy atom. The van der Waals surface area contributed by atoms with E-state index in [0.29, 0.717) is 0 Å². The van der Waals surface area contributed by atoms with E-state index in [1.165, 1.54) is 5.56 Å². The molecule has 1 N–H and O–H groups in total. The van der Waals surface area contributed by atoms with Crippen molar-refractivity contribution in [3.05, 3.63) is 108 Å². The maximum Gasteiger partial charge on any atom is 0.135 e. The van der Waals surface area contributed by atoms with Gasteiger partial charge < -0.3 is 9.52 Å². The minimum atomic E-state index is -0.688. The molecule has 130 valence electrons. The highest BCUT2D eigenvalue weighted by molar-refractivity contribution is 6.04. The van der Waals surface area contributed by atoms with Gasteiger partial charge in [0.2, 0.25) is 0 Å². The van der Waals surface area contributed by atoms with Crippen LogP contribution in [0, 0.1) is 0 Å². The number of hydrogen-bond donors (Lipinski definition) is 1. The van der Waals surface area contributed by atoms with Crippen molar-refractivity contribution in [1.29, 1.82) is 0 Å². The van der Waals surface area contributed by atoms with Crippen LogP contribution in [-0.2, 0) is 0 Å². The summed E-state index contributed by atoms with van der Waals surface area (Å²) < 4.78 is 5.94. The molecule has 0 amide bonds. The lowest BCUT2D eigenvalue weighted by atomic mass is 9.97. The average Bonchev–Trinajstić information content (AvgIpc) is 3.12. The minimum Gasteiger partial charge on any atom is -0.456 e. The van der Waals surface area contributed by atoms with Crippen LogP contribution in [-0.4, -0.2) is 5.11 Å². The van der Waals surface area contributed by atoms with Crippen molar-refractivity contribution in [2.75, 3.05) is 0 Å². The third-order valence-electron chi connectivity index (χ3n) is 5.05. The average molecular weight is 350 g/mol. The Balaban J connectivity index is 1.49. The zero-order valence-corrected chi connectivity index (χ0v) is 14.7. The van der Waals surface area contributed by atoms with Gasteiger partial charge in [-0.2, -0.15) is 0 Å². The van der Waals surface area contributed by atoms with Crippen molar-refractivity contribution in [3.8, 4) is 11.1 Å². The topological polar surface area (TPSA) is 33.4 Å². The highest BCUT2D eigenvalue weighted by Crippen LogP contribution is 2.32. The fourth-order valence-corrected chi connectivity index (χ4v) is 3.59. The summed E-state index contributed by atoms with van der Waals surface area (Å²) in [5.74, 6) is 0. The van der Waals surface area contributed by atoms with Gasteiger partial charge in [-0.05, 0) is 34.4 Å². The van der Waals surface area contributed by atoms with E-state index in [-0.39, 0.29) is 0 Å². The Kier molecular flexibility index (Phi) is 3.77. The zero-order chi connectivity index (χ0) is 18.2. The fraction of sp³-hybridized carbons (Fsp3) is 0.0400. The summed E-state index contributed by atoms with van der Waals surface area (Å²) in [6.45, 7) is 0. The third-order valence-corrected chi connectivity index (χ3v) is 5.05. The van der Waals surface area contributed by atoms with Crippen LogP contribution in [0.15, 0.2) is 101 Å². The maximum absolute atomic E-state index is 10.8. The number of furan rings is 1. The normalized spacial score (nSPS) is 12.5. The molecular weight excluding hydrogens is 332 g/mol. The predicted octanol–water partition coefficient (Wildman–Crippen LogP) is 6.33. The van der Waals surface area contributed by atoms with Gasteiger partial charge in [0.25, 0.3) is 0 Å².